The molecule has 1 amide bonds. The summed E-state index contributed by atoms with van der Waals surface area (Å²) in [6.45, 7) is 2.55. The maximum atomic E-state index is 12.4. The monoisotopic (exact) mass is 418 g/mol. The van der Waals surface area contributed by atoms with Gasteiger partial charge in [-0.05, 0) is 29.8 Å². The lowest BCUT2D eigenvalue weighted by Crippen LogP contribution is -2.48. The molecule has 1 aliphatic heterocycles. The number of rotatable bonds is 5. The van der Waals surface area contributed by atoms with E-state index in [2.05, 4.69) is 15.4 Å². The van der Waals surface area contributed by atoms with Crippen LogP contribution in [0.25, 0.3) is 6.08 Å². The first-order valence-electron chi connectivity index (χ1n) is 9.31. The number of carbonyl (C=O) groups is 1. The Morgan fingerprint density at radius 3 is 2.40 bits per heavy atom. The van der Waals surface area contributed by atoms with Crippen LogP contribution in [-0.4, -0.2) is 42.7 Å². The largest absolute Gasteiger partial charge is 0.367 e. The number of nitrogens with one attached hydrogen (secondary N) is 1. The standard InChI is InChI=1S/C22H19ClN6O/c23-20-14-18(26-27-19(15-24)16-25)7-8-21(20)28-10-12-29(13-11-28)22(30)9-6-17-4-2-1-3-5-17/h1-9,14,26H,10-13H2. The number of halogens is 1. The van der Waals surface area contributed by atoms with Gasteiger partial charge in [0.05, 0.1) is 16.4 Å². The van der Waals surface area contributed by atoms with E-state index in [1.54, 1.807) is 30.3 Å². The highest BCUT2D eigenvalue weighted by Crippen LogP contribution is 2.29. The van der Waals surface area contributed by atoms with Crippen LogP contribution in [0.4, 0.5) is 11.4 Å². The number of hydrogen-bond donors (Lipinski definition) is 1. The van der Waals surface area contributed by atoms with E-state index >= 15 is 0 Å². The fourth-order valence-electron chi connectivity index (χ4n) is 3.03. The molecule has 30 heavy (non-hydrogen) atoms. The van der Waals surface area contributed by atoms with Crippen LogP contribution in [-0.2, 0) is 4.79 Å². The number of anilines is 2. The minimum atomic E-state index is -0.266. The third kappa shape index (κ3) is 5.38. The number of benzene rings is 2. The zero-order valence-electron chi connectivity index (χ0n) is 16.1. The zero-order valence-corrected chi connectivity index (χ0v) is 16.9. The van der Waals surface area contributed by atoms with Crippen LogP contribution in [0.1, 0.15) is 5.56 Å². The molecule has 8 heteroatoms. The van der Waals surface area contributed by atoms with Gasteiger partial charge in [0, 0.05) is 32.3 Å². The van der Waals surface area contributed by atoms with Crippen LogP contribution >= 0.6 is 11.6 Å². The van der Waals surface area contributed by atoms with Gasteiger partial charge in [-0.25, -0.2) is 0 Å². The minimum absolute atomic E-state index is 0.00667. The van der Waals surface area contributed by atoms with Crippen LogP contribution in [0.15, 0.2) is 59.7 Å². The van der Waals surface area contributed by atoms with Crippen LogP contribution in [0.5, 0.6) is 0 Å². The first kappa shape index (κ1) is 20.9. The zero-order chi connectivity index (χ0) is 21.3. The molecule has 1 aliphatic rings. The first-order valence-corrected chi connectivity index (χ1v) is 9.69. The summed E-state index contributed by atoms with van der Waals surface area (Å²) < 4.78 is 0. The Hall–Kier alpha value is -3.81. The maximum Gasteiger partial charge on any atom is 0.246 e. The summed E-state index contributed by atoms with van der Waals surface area (Å²) in [5.74, 6) is -0.00667. The molecule has 2 aromatic carbocycles. The molecule has 1 heterocycles. The summed E-state index contributed by atoms with van der Waals surface area (Å²) in [5.41, 5.74) is 4.81. The molecule has 1 fully saturated rings. The highest BCUT2D eigenvalue weighted by atomic mass is 35.5. The second-order valence-corrected chi connectivity index (χ2v) is 6.93. The lowest BCUT2D eigenvalue weighted by molar-refractivity contribution is -0.126. The van der Waals surface area contributed by atoms with Gasteiger partial charge in [-0.1, -0.05) is 41.9 Å². The van der Waals surface area contributed by atoms with E-state index < -0.39 is 0 Å². The summed E-state index contributed by atoms with van der Waals surface area (Å²) in [4.78, 5) is 16.4. The van der Waals surface area contributed by atoms with Crippen LogP contribution < -0.4 is 10.3 Å². The summed E-state index contributed by atoms with van der Waals surface area (Å²) in [5, 5.41) is 21.7. The Morgan fingerprint density at radius 1 is 1.07 bits per heavy atom. The van der Waals surface area contributed by atoms with Crippen molar-refractivity contribution in [2.24, 2.45) is 5.10 Å². The van der Waals surface area contributed by atoms with Crippen molar-refractivity contribution in [1.29, 1.82) is 10.5 Å². The Bertz CT molecular complexity index is 1030. The predicted octanol–water partition coefficient (Wildman–Crippen LogP) is 3.52. The molecule has 0 aliphatic carbocycles. The Morgan fingerprint density at radius 2 is 1.77 bits per heavy atom. The number of nitrogens with zero attached hydrogens (tertiary/aromatic N) is 5. The van der Waals surface area contributed by atoms with E-state index in [1.807, 2.05) is 47.4 Å². The Balaban J connectivity index is 1.57. The second kappa shape index (κ2) is 10.1. The number of nitriles is 2. The van der Waals surface area contributed by atoms with E-state index in [0.29, 0.717) is 36.9 Å². The lowest BCUT2D eigenvalue weighted by atomic mass is 10.2. The van der Waals surface area contributed by atoms with E-state index in [1.165, 1.54) is 0 Å². The SMILES string of the molecule is N#CC(C#N)=NNc1ccc(N2CCN(C(=O)C=Cc3ccccc3)CC2)c(Cl)c1. The highest BCUT2D eigenvalue weighted by molar-refractivity contribution is 6.33. The fourth-order valence-corrected chi connectivity index (χ4v) is 3.33. The molecule has 0 aromatic heterocycles. The van der Waals surface area contributed by atoms with Crippen LogP contribution in [0.3, 0.4) is 0 Å². The van der Waals surface area contributed by atoms with Crippen molar-refractivity contribution in [3.05, 3.63) is 65.2 Å². The van der Waals surface area contributed by atoms with Gasteiger partial charge in [-0.3, -0.25) is 10.2 Å². The Labute approximate surface area is 180 Å². The van der Waals surface area contributed by atoms with Crippen molar-refractivity contribution in [2.45, 2.75) is 0 Å². The maximum absolute atomic E-state index is 12.4. The molecule has 0 saturated carbocycles. The molecule has 0 spiro atoms. The predicted molar refractivity (Wildman–Crippen MR) is 118 cm³/mol. The number of hydrogen-bond acceptors (Lipinski definition) is 6. The number of carbonyl (C=O) groups excluding carboxylic acids is 1. The summed E-state index contributed by atoms with van der Waals surface area (Å²) in [6.07, 6.45) is 3.43. The molecule has 3 rings (SSSR count). The molecule has 0 bridgehead atoms. The third-order valence-electron chi connectivity index (χ3n) is 4.61. The quantitative estimate of drug-likeness (QED) is 0.455. The van der Waals surface area contributed by atoms with Crippen molar-refractivity contribution < 1.29 is 4.79 Å². The van der Waals surface area contributed by atoms with Crippen molar-refractivity contribution >= 4 is 40.7 Å². The van der Waals surface area contributed by atoms with Crippen LogP contribution in [0.2, 0.25) is 5.02 Å². The Kier molecular flexibility index (Phi) is 7.05. The summed E-state index contributed by atoms with van der Waals surface area (Å²) >= 11 is 6.41. The summed E-state index contributed by atoms with van der Waals surface area (Å²) in [6, 6.07) is 18.4. The lowest BCUT2D eigenvalue weighted by Gasteiger charge is -2.36. The van der Waals surface area contributed by atoms with Gasteiger partial charge in [0.15, 0.2) is 0 Å². The van der Waals surface area contributed by atoms with E-state index in [9.17, 15) is 4.79 Å². The van der Waals surface area contributed by atoms with Gasteiger partial charge in [-0.2, -0.15) is 15.6 Å². The number of piperazine rings is 1. The minimum Gasteiger partial charge on any atom is -0.367 e. The van der Waals surface area contributed by atoms with Gasteiger partial charge in [0.1, 0.15) is 12.1 Å². The second-order valence-electron chi connectivity index (χ2n) is 6.52. The average molecular weight is 419 g/mol. The number of amides is 1. The molecule has 150 valence electrons. The normalized spacial score (nSPS) is 13.4. The highest BCUT2D eigenvalue weighted by Gasteiger charge is 2.21. The van der Waals surface area contributed by atoms with Crippen molar-refractivity contribution in [2.75, 3.05) is 36.5 Å². The number of hydrazone groups is 1. The molecule has 0 atom stereocenters. The fraction of sp³-hybridized carbons (Fsp3) is 0.182. The topological polar surface area (TPSA) is 95.5 Å². The van der Waals surface area contributed by atoms with E-state index in [0.717, 1.165) is 11.3 Å². The first-order chi connectivity index (χ1) is 14.6. The molecule has 1 N–H and O–H groups in total. The van der Waals surface area contributed by atoms with Crippen LogP contribution in [0, 0.1) is 22.7 Å². The van der Waals surface area contributed by atoms with Gasteiger partial charge in [0.2, 0.25) is 11.6 Å². The molecule has 1 saturated heterocycles. The van der Waals surface area contributed by atoms with Gasteiger partial charge in [0.25, 0.3) is 0 Å². The van der Waals surface area contributed by atoms with Crippen molar-refractivity contribution in [3.63, 3.8) is 0 Å². The van der Waals surface area contributed by atoms with Gasteiger partial charge < -0.3 is 9.80 Å². The molecule has 0 unspecified atom stereocenters. The molecular weight excluding hydrogens is 400 g/mol. The smallest absolute Gasteiger partial charge is 0.246 e. The van der Waals surface area contributed by atoms with Gasteiger partial charge in [-0.15, -0.1) is 0 Å². The summed E-state index contributed by atoms with van der Waals surface area (Å²) in [7, 11) is 0. The third-order valence-corrected chi connectivity index (χ3v) is 4.91. The average Bonchev–Trinajstić information content (AvgIpc) is 2.79. The van der Waals surface area contributed by atoms with E-state index in [-0.39, 0.29) is 11.6 Å². The van der Waals surface area contributed by atoms with Gasteiger partial charge >= 0.3 is 0 Å². The molecule has 7 nitrogen and oxygen atoms in total. The van der Waals surface area contributed by atoms with Crippen molar-refractivity contribution in [3.8, 4) is 12.1 Å². The molecule has 0 radical (unpaired) electrons. The van der Waals surface area contributed by atoms with E-state index in [4.69, 9.17) is 22.1 Å². The molecule has 2 aromatic rings. The van der Waals surface area contributed by atoms with Crippen molar-refractivity contribution in [1.82, 2.24) is 4.90 Å². The molecular formula is C22H19ClN6O.